The molecule has 5 heteroatoms. The summed E-state index contributed by atoms with van der Waals surface area (Å²) in [7, 11) is 3.94. The van der Waals surface area contributed by atoms with Gasteiger partial charge in [0, 0.05) is 23.7 Å². The van der Waals surface area contributed by atoms with E-state index in [-0.39, 0.29) is 11.8 Å². The van der Waals surface area contributed by atoms with Crippen LogP contribution in [0.3, 0.4) is 0 Å². The van der Waals surface area contributed by atoms with Gasteiger partial charge in [-0.25, -0.2) is 4.98 Å². The number of imidazole rings is 1. The predicted octanol–water partition coefficient (Wildman–Crippen LogP) is 5.34. The summed E-state index contributed by atoms with van der Waals surface area (Å²) < 4.78 is 0. The molecule has 1 heterocycles. The van der Waals surface area contributed by atoms with Crippen LogP contribution in [-0.2, 0) is 4.79 Å². The van der Waals surface area contributed by atoms with Gasteiger partial charge in [0.1, 0.15) is 5.82 Å². The maximum absolute atomic E-state index is 12.4. The van der Waals surface area contributed by atoms with Crippen molar-refractivity contribution in [3.8, 4) is 22.5 Å². The second-order valence-electron chi connectivity index (χ2n) is 8.37. The molecule has 31 heavy (non-hydrogen) atoms. The van der Waals surface area contributed by atoms with Crippen molar-refractivity contribution in [2.45, 2.75) is 13.8 Å². The zero-order valence-electron chi connectivity index (χ0n) is 18.4. The summed E-state index contributed by atoms with van der Waals surface area (Å²) in [5.74, 6) is 0.826. The first-order valence-corrected chi connectivity index (χ1v) is 10.5. The molecule has 0 fully saturated rings. The Morgan fingerprint density at radius 1 is 1.00 bits per heavy atom. The molecule has 2 N–H and O–H groups in total. The van der Waals surface area contributed by atoms with Gasteiger partial charge in [0.15, 0.2) is 0 Å². The number of hydrogen-bond donors (Lipinski definition) is 2. The molecule has 1 unspecified atom stereocenters. The van der Waals surface area contributed by atoms with Crippen molar-refractivity contribution in [2.75, 3.05) is 26.0 Å². The highest BCUT2D eigenvalue weighted by Gasteiger charge is 2.14. The summed E-state index contributed by atoms with van der Waals surface area (Å²) >= 11 is 0. The van der Waals surface area contributed by atoms with Gasteiger partial charge in [0.2, 0.25) is 5.91 Å². The topological polar surface area (TPSA) is 61.0 Å². The van der Waals surface area contributed by atoms with Gasteiger partial charge in [-0.3, -0.25) is 4.79 Å². The van der Waals surface area contributed by atoms with E-state index in [0.29, 0.717) is 0 Å². The second-order valence-corrected chi connectivity index (χ2v) is 8.37. The van der Waals surface area contributed by atoms with Gasteiger partial charge < -0.3 is 15.2 Å². The van der Waals surface area contributed by atoms with Crippen LogP contribution in [-0.4, -0.2) is 41.4 Å². The Kier molecular flexibility index (Phi) is 5.87. The summed E-state index contributed by atoms with van der Waals surface area (Å²) in [5.41, 5.74) is 7.26. The van der Waals surface area contributed by atoms with E-state index in [2.05, 4.69) is 47.6 Å². The average Bonchev–Trinajstić information content (AvgIpc) is 3.20. The molecule has 1 atom stereocenters. The summed E-state index contributed by atoms with van der Waals surface area (Å²) in [6.07, 6.45) is 0. The molecule has 0 aliphatic heterocycles. The number of amides is 1. The van der Waals surface area contributed by atoms with Crippen molar-refractivity contribution >= 4 is 22.6 Å². The second kappa shape index (κ2) is 8.74. The third-order valence-electron chi connectivity index (χ3n) is 5.42. The molecule has 4 rings (SSSR count). The number of carbonyl (C=O) groups is 1. The van der Waals surface area contributed by atoms with Gasteiger partial charge >= 0.3 is 0 Å². The first-order chi connectivity index (χ1) is 14.9. The number of H-pyrrole nitrogens is 1. The molecule has 158 valence electrons. The minimum atomic E-state index is -0.0706. The van der Waals surface area contributed by atoms with Crippen molar-refractivity contribution in [2.24, 2.45) is 5.92 Å². The van der Waals surface area contributed by atoms with E-state index in [4.69, 9.17) is 4.98 Å². The largest absolute Gasteiger partial charge is 0.338 e. The Morgan fingerprint density at radius 2 is 1.71 bits per heavy atom. The SMILES string of the molecule is Cc1cccc2[nH]c(-c3cccc(-c4ccc(NC(=O)C(C)CN(C)C)cc4)c3)nc12. The van der Waals surface area contributed by atoms with Crippen LogP contribution < -0.4 is 5.32 Å². The summed E-state index contributed by atoms with van der Waals surface area (Å²) in [4.78, 5) is 22.6. The van der Waals surface area contributed by atoms with Gasteiger partial charge in [-0.1, -0.05) is 49.4 Å². The number of para-hydroxylation sites is 1. The normalized spacial score (nSPS) is 12.3. The van der Waals surface area contributed by atoms with Crippen molar-refractivity contribution in [3.63, 3.8) is 0 Å². The summed E-state index contributed by atoms with van der Waals surface area (Å²) in [5, 5.41) is 3.00. The first-order valence-electron chi connectivity index (χ1n) is 10.5. The van der Waals surface area contributed by atoms with Gasteiger partial charge in [0.25, 0.3) is 0 Å². The molecule has 1 amide bonds. The molecular formula is C26H28N4O. The fraction of sp³-hybridized carbons (Fsp3) is 0.231. The fourth-order valence-electron chi connectivity index (χ4n) is 3.80. The monoisotopic (exact) mass is 412 g/mol. The van der Waals surface area contributed by atoms with Crippen molar-refractivity contribution in [1.29, 1.82) is 0 Å². The smallest absolute Gasteiger partial charge is 0.228 e. The molecule has 1 aromatic heterocycles. The van der Waals surface area contributed by atoms with Crippen molar-refractivity contribution in [3.05, 3.63) is 72.3 Å². The number of aromatic nitrogens is 2. The van der Waals surface area contributed by atoms with E-state index in [0.717, 1.165) is 51.3 Å². The van der Waals surface area contributed by atoms with Crippen LogP contribution >= 0.6 is 0 Å². The first kappa shape index (κ1) is 20.8. The highest BCUT2D eigenvalue weighted by Crippen LogP contribution is 2.28. The van der Waals surface area contributed by atoms with Gasteiger partial charge in [-0.15, -0.1) is 0 Å². The Morgan fingerprint density at radius 3 is 2.42 bits per heavy atom. The van der Waals surface area contributed by atoms with Gasteiger partial charge in [-0.05, 0) is 62.0 Å². The molecular weight excluding hydrogens is 384 g/mol. The Labute approximate surface area is 183 Å². The lowest BCUT2D eigenvalue weighted by atomic mass is 10.0. The number of nitrogens with one attached hydrogen (secondary N) is 2. The highest BCUT2D eigenvalue weighted by molar-refractivity contribution is 5.92. The van der Waals surface area contributed by atoms with Crippen LogP contribution in [0, 0.1) is 12.8 Å². The number of anilines is 1. The van der Waals surface area contributed by atoms with Crippen LogP contribution in [0.25, 0.3) is 33.5 Å². The molecule has 0 bridgehead atoms. The van der Waals surface area contributed by atoms with Crippen LogP contribution in [0.5, 0.6) is 0 Å². The molecule has 0 spiro atoms. The van der Waals surface area contributed by atoms with Crippen LogP contribution in [0.4, 0.5) is 5.69 Å². The zero-order valence-corrected chi connectivity index (χ0v) is 18.4. The van der Waals surface area contributed by atoms with E-state index in [1.54, 1.807) is 0 Å². The number of rotatable bonds is 6. The Hall–Kier alpha value is -3.44. The third kappa shape index (κ3) is 4.67. The van der Waals surface area contributed by atoms with Gasteiger partial charge in [0.05, 0.1) is 11.0 Å². The number of aryl methyl sites for hydroxylation is 1. The lowest BCUT2D eigenvalue weighted by Gasteiger charge is -2.16. The molecule has 0 saturated heterocycles. The lowest BCUT2D eigenvalue weighted by molar-refractivity contribution is -0.119. The Bertz CT molecular complexity index is 1210. The summed E-state index contributed by atoms with van der Waals surface area (Å²) in [6, 6.07) is 22.5. The molecule has 0 radical (unpaired) electrons. The average molecular weight is 413 g/mol. The number of aromatic amines is 1. The predicted molar refractivity (Wildman–Crippen MR) is 128 cm³/mol. The minimum absolute atomic E-state index is 0.0311. The minimum Gasteiger partial charge on any atom is -0.338 e. The fourth-order valence-corrected chi connectivity index (χ4v) is 3.80. The van der Waals surface area contributed by atoms with Crippen molar-refractivity contribution in [1.82, 2.24) is 14.9 Å². The van der Waals surface area contributed by atoms with E-state index < -0.39 is 0 Å². The molecule has 3 aromatic carbocycles. The van der Waals surface area contributed by atoms with E-state index in [1.807, 2.05) is 62.3 Å². The van der Waals surface area contributed by atoms with E-state index in [9.17, 15) is 4.79 Å². The van der Waals surface area contributed by atoms with Crippen molar-refractivity contribution < 1.29 is 4.79 Å². The third-order valence-corrected chi connectivity index (χ3v) is 5.42. The number of benzene rings is 3. The molecule has 4 aromatic rings. The number of fused-ring (bicyclic) bond motifs is 1. The number of nitrogens with zero attached hydrogens (tertiary/aromatic N) is 2. The maximum Gasteiger partial charge on any atom is 0.228 e. The van der Waals surface area contributed by atoms with Crippen LogP contribution in [0.1, 0.15) is 12.5 Å². The van der Waals surface area contributed by atoms with Crippen LogP contribution in [0.15, 0.2) is 66.7 Å². The molecule has 0 aliphatic rings. The maximum atomic E-state index is 12.4. The molecule has 0 saturated carbocycles. The zero-order chi connectivity index (χ0) is 22.0. The quantitative estimate of drug-likeness (QED) is 0.449. The lowest BCUT2D eigenvalue weighted by Crippen LogP contribution is -2.29. The Balaban J connectivity index is 1.54. The van der Waals surface area contributed by atoms with E-state index >= 15 is 0 Å². The number of hydrogen-bond acceptors (Lipinski definition) is 3. The van der Waals surface area contributed by atoms with E-state index in [1.165, 1.54) is 0 Å². The highest BCUT2D eigenvalue weighted by atomic mass is 16.1. The summed E-state index contributed by atoms with van der Waals surface area (Å²) in [6.45, 7) is 4.73. The molecule has 5 nitrogen and oxygen atoms in total. The standard InChI is InChI=1S/C26H28N4O/c1-17-7-5-10-23-24(17)29-25(28-23)21-9-6-8-20(15-21)19-11-13-22(14-12-19)27-26(31)18(2)16-30(3)4/h5-15,18H,16H2,1-4H3,(H,27,31)(H,28,29). The van der Waals surface area contributed by atoms with Gasteiger partial charge in [-0.2, -0.15) is 0 Å². The van der Waals surface area contributed by atoms with Crippen LogP contribution in [0.2, 0.25) is 0 Å². The number of carbonyl (C=O) groups excluding carboxylic acids is 1. The molecule has 0 aliphatic carbocycles.